The summed E-state index contributed by atoms with van der Waals surface area (Å²) >= 11 is 0. The van der Waals surface area contributed by atoms with Crippen LogP contribution in [0.3, 0.4) is 0 Å². The normalized spacial score (nSPS) is 26.7. The zero-order valence-electron chi connectivity index (χ0n) is 16.6. The third kappa shape index (κ3) is 3.99. The average molecular weight is 380 g/mol. The molecule has 0 aromatic heterocycles. The molecule has 2 aliphatic rings. The molecule has 3 atom stereocenters. The van der Waals surface area contributed by atoms with Crippen molar-refractivity contribution in [1.29, 1.82) is 0 Å². The van der Waals surface area contributed by atoms with E-state index in [2.05, 4.69) is 39.2 Å². The number of methoxy groups -OCH3 is 1. The van der Waals surface area contributed by atoms with Gasteiger partial charge >= 0.3 is 0 Å². The number of amides is 1. The van der Waals surface area contributed by atoms with Crippen molar-refractivity contribution in [2.45, 2.75) is 58.4 Å². The summed E-state index contributed by atoms with van der Waals surface area (Å²) in [6.07, 6.45) is 2.90. The van der Waals surface area contributed by atoms with Gasteiger partial charge in [-0.15, -0.1) is 0 Å². The number of ketones is 2. The van der Waals surface area contributed by atoms with E-state index in [0.717, 1.165) is 0 Å². The summed E-state index contributed by atoms with van der Waals surface area (Å²) in [6, 6.07) is 0. The van der Waals surface area contributed by atoms with Crippen molar-refractivity contribution in [3.05, 3.63) is 23.6 Å². The van der Waals surface area contributed by atoms with Crippen LogP contribution < -0.4 is 5.32 Å². The van der Waals surface area contributed by atoms with Crippen LogP contribution in [0.2, 0.25) is 18.1 Å². The highest BCUT2D eigenvalue weighted by Gasteiger charge is 2.48. The number of hydrogen-bond acceptors (Lipinski definition) is 5. The molecule has 0 aromatic rings. The van der Waals surface area contributed by atoms with Gasteiger partial charge < -0.3 is 14.5 Å². The molecule has 2 aliphatic carbocycles. The van der Waals surface area contributed by atoms with Gasteiger partial charge in [-0.05, 0) is 24.2 Å². The molecule has 1 N–H and O–H groups in total. The predicted octanol–water partition coefficient (Wildman–Crippen LogP) is 2.72. The van der Waals surface area contributed by atoms with Crippen molar-refractivity contribution >= 4 is 25.8 Å². The minimum Gasteiger partial charge on any atom is -0.547 e. The Morgan fingerprint density at radius 2 is 1.88 bits per heavy atom. The quantitative estimate of drug-likeness (QED) is 0.760. The highest BCUT2D eigenvalue weighted by molar-refractivity contribution is 6.74. The second kappa shape index (κ2) is 7.11. The monoisotopic (exact) mass is 379 g/mol. The summed E-state index contributed by atoms with van der Waals surface area (Å²) in [5.74, 6) is -1.26. The first-order chi connectivity index (χ1) is 11.9. The average Bonchev–Trinajstić information content (AvgIpc) is 2.49. The molecule has 7 heteroatoms. The third-order valence-corrected chi connectivity index (χ3v) is 9.94. The van der Waals surface area contributed by atoms with Crippen molar-refractivity contribution < 1.29 is 23.5 Å². The van der Waals surface area contributed by atoms with Gasteiger partial charge in [0.1, 0.15) is 0 Å². The number of hydrogen-bond donors (Lipinski definition) is 1. The zero-order valence-corrected chi connectivity index (χ0v) is 17.6. The molecule has 0 spiro atoms. The first kappa shape index (κ1) is 20.6. The molecular weight excluding hydrogens is 350 g/mol. The standard InChI is InChI=1S/C19H29NO5Si/c1-11(21)20-14-10-15(22)17-13(18(14)23)8-12(9-16(17)24-5)25-26(6,7)19(2,3)4/h9-10,13,16-17H,8H2,1-7H3,(H,20,21)/t13-,16?,17+/m1/s1. The maximum absolute atomic E-state index is 12.8. The van der Waals surface area contributed by atoms with E-state index >= 15 is 0 Å². The number of allylic oxidation sites excluding steroid dienone is 3. The first-order valence-electron chi connectivity index (χ1n) is 8.87. The number of fused-ring (bicyclic) bond motifs is 1. The molecule has 0 heterocycles. The Morgan fingerprint density at radius 1 is 1.27 bits per heavy atom. The lowest BCUT2D eigenvalue weighted by molar-refractivity contribution is -0.135. The number of carbonyl (C=O) groups is 3. The van der Waals surface area contributed by atoms with Gasteiger partial charge in [0, 0.05) is 32.4 Å². The smallest absolute Gasteiger partial charge is 0.250 e. The molecule has 0 aliphatic heterocycles. The summed E-state index contributed by atoms with van der Waals surface area (Å²) < 4.78 is 11.9. The maximum atomic E-state index is 12.8. The van der Waals surface area contributed by atoms with E-state index in [0.29, 0.717) is 12.2 Å². The van der Waals surface area contributed by atoms with Crippen molar-refractivity contribution in [1.82, 2.24) is 5.32 Å². The largest absolute Gasteiger partial charge is 0.547 e. The van der Waals surface area contributed by atoms with E-state index in [1.54, 1.807) is 0 Å². The fourth-order valence-corrected chi connectivity index (χ4v) is 4.22. The highest BCUT2D eigenvalue weighted by atomic mass is 28.4. The number of carbonyl (C=O) groups excluding carboxylic acids is 3. The minimum absolute atomic E-state index is 0.0148. The molecule has 0 fully saturated rings. The summed E-state index contributed by atoms with van der Waals surface area (Å²) in [5, 5.41) is 2.49. The minimum atomic E-state index is -2.08. The van der Waals surface area contributed by atoms with E-state index in [1.807, 2.05) is 6.08 Å². The molecule has 1 unspecified atom stereocenters. The van der Waals surface area contributed by atoms with Gasteiger partial charge in [0.25, 0.3) is 0 Å². The number of ether oxygens (including phenoxy) is 1. The third-order valence-electron chi connectivity index (χ3n) is 5.55. The number of Topliss-reactive ketones (excluding diaryl/α,β-unsaturated/α-hetero) is 1. The zero-order chi connectivity index (χ0) is 19.9. The van der Waals surface area contributed by atoms with Crippen molar-refractivity contribution in [3.63, 3.8) is 0 Å². The van der Waals surface area contributed by atoms with Gasteiger partial charge in [-0.1, -0.05) is 20.8 Å². The lowest BCUT2D eigenvalue weighted by Gasteiger charge is -2.42. The van der Waals surface area contributed by atoms with Crippen molar-refractivity contribution in [2.75, 3.05) is 7.11 Å². The second-order valence-electron chi connectivity index (χ2n) is 8.54. The molecule has 2 rings (SSSR count). The Morgan fingerprint density at radius 3 is 2.38 bits per heavy atom. The highest BCUT2D eigenvalue weighted by Crippen LogP contribution is 2.42. The molecule has 6 nitrogen and oxygen atoms in total. The Hall–Kier alpha value is -1.73. The summed E-state index contributed by atoms with van der Waals surface area (Å²) in [5.41, 5.74) is 0.0622. The van der Waals surface area contributed by atoms with E-state index < -0.39 is 26.3 Å². The van der Waals surface area contributed by atoms with Crippen LogP contribution in [-0.2, 0) is 23.5 Å². The Labute approximate surface area is 156 Å². The van der Waals surface area contributed by atoms with Crippen LogP contribution >= 0.6 is 0 Å². The molecule has 0 saturated heterocycles. The number of rotatable bonds is 4. The van der Waals surface area contributed by atoms with Gasteiger partial charge in [0.2, 0.25) is 14.2 Å². The SMILES string of the molecule is COC1C=C(O[Si](C)(C)C(C)(C)C)C[C@H]2C(=O)C(NC(C)=O)=CC(=O)[C@@H]12. The van der Waals surface area contributed by atoms with Gasteiger partial charge in [0.05, 0.1) is 23.5 Å². The van der Waals surface area contributed by atoms with Crippen molar-refractivity contribution in [3.8, 4) is 0 Å². The Balaban J connectivity index is 2.34. The molecule has 144 valence electrons. The lowest BCUT2D eigenvalue weighted by Crippen LogP contribution is -2.48. The molecule has 0 bridgehead atoms. The lowest BCUT2D eigenvalue weighted by atomic mass is 9.71. The maximum Gasteiger partial charge on any atom is 0.250 e. The fourth-order valence-electron chi connectivity index (χ4n) is 3.11. The molecule has 26 heavy (non-hydrogen) atoms. The van der Waals surface area contributed by atoms with Crippen LogP contribution in [0.15, 0.2) is 23.6 Å². The van der Waals surface area contributed by atoms with Gasteiger partial charge in [-0.25, -0.2) is 0 Å². The molecular formula is C19H29NO5Si. The van der Waals surface area contributed by atoms with Gasteiger partial charge in [0.15, 0.2) is 11.6 Å². The number of nitrogens with one attached hydrogen (secondary N) is 1. The molecule has 0 aromatic carbocycles. The van der Waals surface area contributed by atoms with Crippen LogP contribution in [0.25, 0.3) is 0 Å². The van der Waals surface area contributed by atoms with E-state index in [4.69, 9.17) is 9.16 Å². The van der Waals surface area contributed by atoms with Gasteiger partial charge in [-0.3, -0.25) is 14.4 Å². The van der Waals surface area contributed by atoms with E-state index in [9.17, 15) is 14.4 Å². The van der Waals surface area contributed by atoms with E-state index in [1.165, 1.54) is 20.1 Å². The van der Waals surface area contributed by atoms with Crippen LogP contribution in [0.4, 0.5) is 0 Å². The topological polar surface area (TPSA) is 81.7 Å². The summed E-state index contributed by atoms with van der Waals surface area (Å²) in [4.78, 5) is 36.7. The van der Waals surface area contributed by atoms with Gasteiger partial charge in [-0.2, -0.15) is 0 Å². The van der Waals surface area contributed by atoms with Crippen LogP contribution in [0, 0.1) is 11.8 Å². The second-order valence-corrected chi connectivity index (χ2v) is 13.3. The van der Waals surface area contributed by atoms with Crippen LogP contribution in [0.1, 0.15) is 34.1 Å². The Bertz CT molecular complexity index is 687. The fraction of sp³-hybridized carbons (Fsp3) is 0.632. The molecule has 0 saturated carbocycles. The van der Waals surface area contributed by atoms with Crippen LogP contribution in [0.5, 0.6) is 0 Å². The molecule has 0 radical (unpaired) electrons. The molecule has 1 amide bonds. The predicted molar refractivity (Wildman–Crippen MR) is 101 cm³/mol. The summed E-state index contributed by atoms with van der Waals surface area (Å²) in [6.45, 7) is 12.0. The van der Waals surface area contributed by atoms with E-state index in [-0.39, 0.29) is 28.2 Å². The van der Waals surface area contributed by atoms with Crippen molar-refractivity contribution in [2.24, 2.45) is 11.8 Å². The summed E-state index contributed by atoms with van der Waals surface area (Å²) in [7, 11) is -0.552. The first-order valence-corrected chi connectivity index (χ1v) is 11.8. The van der Waals surface area contributed by atoms with Crippen LogP contribution in [-0.4, -0.2) is 39.0 Å². The Kier molecular flexibility index (Phi) is 5.63.